The molecule has 0 fully saturated rings. The van der Waals surface area contributed by atoms with Crippen LogP contribution in [0, 0.1) is 0 Å². The third-order valence-corrected chi connectivity index (χ3v) is 0.728. The summed E-state index contributed by atoms with van der Waals surface area (Å²) in [6.07, 6.45) is 1.51. The molecule has 0 saturated heterocycles. The van der Waals surface area contributed by atoms with Gasteiger partial charge in [-0.2, -0.15) is 0 Å². The monoisotopic (exact) mass is 151 g/mol. The Hall–Kier alpha value is -0.0500. The highest BCUT2D eigenvalue weighted by Gasteiger charge is 1.89. The van der Waals surface area contributed by atoms with Crippen molar-refractivity contribution in [3.63, 3.8) is 0 Å². The highest BCUT2D eigenvalue weighted by molar-refractivity contribution is 5.85. The van der Waals surface area contributed by atoms with E-state index in [2.05, 4.69) is 11.9 Å². The van der Waals surface area contributed by atoms with Gasteiger partial charge in [-0.3, -0.25) is 0 Å². The van der Waals surface area contributed by atoms with Crippen molar-refractivity contribution in [2.45, 2.75) is 13.0 Å². The maximum Gasteiger partial charge on any atom is 0.0636 e. The third kappa shape index (κ3) is 11.5. The van der Waals surface area contributed by atoms with E-state index in [0.717, 1.165) is 6.54 Å². The van der Waals surface area contributed by atoms with Gasteiger partial charge >= 0.3 is 0 Å². The lowest BCUT2D eigenvalue weighted by Crippen LogP contribution is -2.24. The molecule has 0 spiro atoms. The Morgan fingerprint density at radius 2 is 2.33 bits per heavy atom. The van der Waals surface area contributed by atoms with E-state index in [-0.39, 0.29) is 18.5 Å². The van der Waals surface area contributed by atoms with Crippen LogP contribution in [0.4, 0.5) is 0 Å². The van der Waals surface area contributed by atoms with Crippen LogP contribution in [0.2, 0.25) is 0 Å². The largest absolute Gasteiger partial charge is 0.392 e. The fourth-order valence-electron chi connectivity index (χ4n) is 0.394. The number of halogens is 1. The van der Waals surface area contributed by atoms with Gasteiger partial charge in [-0.25, -0.2) is 0 Å². The first-order valence-corrected chi connectivity index (χ1v) is 2.77. The molecule has 0 aromatic heterocycles. The van der Waals surface area contributed by atoms with Gasteiger partial charge in [-0.1, -0.05) is 6.08 Å². The molecule has 0 aliphatic carbocycles. The summed E-state index contributed by atoms with van der Waals surface area (Å²) >= 11 is 0. The summed E-state index contributed by atoms with van der Waals surface area (Å²) in [5.74, 6) is 0. The first-order chi connectivity index (χ1) is 3.77. The molecule has 56 valence electrons. The molecule has 9 heavy (non-hydrogen) atoms. The average molecular weight is 152 g/mol. The maximum absolute atomic E-state index is 8.68. The fraction of sp³-hybridized carbons (Fsp3) is 0.667. The predicted octanol–water partition coefficient (Wildman–Crippen LogP) is 0.565. The molecule has 0 amide bonds. The number of nitrogens with one attached hydrogen (secondary N) is 1. The van der Waals surface area contributed by atoms with Crippen LogP contribution in [0.5, 0.6) is 0 Å². The van der Waals surface area contributed by atoms with E-state index in [1.54, 1.807) is 13.0 Å². The lowest BCUT2D eigenvalue weighted by Gasteiger charge is -2.01. The Labute approximate surface area is 62.4 Å². The molecule has 0 aliphatic rings. The van der Waals surface area contributed by atoms with Crippen LogP contribution in [0.15, 0.2) is 12.7 Å². The van der Waals surface area contributed by atoms with E-state index in [9.17, 15) is 0 Å². The van der Waals surface area contributed by atoms with Crippen LogP contribution in [0.1, 0.15) is 6.92 Å². The molecule has 2 N–H and O–H groups in total. The van der Waals surface area contributed by atoms with Crippen molar-refractivity contribution in [2.75, 3.05) is 13.1 Å². The van der Waals surface area contributed by atoms with E-state index in [1.807, 2.05) is 0 Å². The Balaban J connectivity index is 0. The van der Waals surface area contributed by atoms with Gasteiger partial charge in [-0.15, -0.1) is 19.0 Å². The molecule has 0 aliphatic heterocycles. The normalized spacial score (nSPS) is 11.8. The quantitative estimate of drug-likeness (QED) is 0.455. The van der Waals surface area contributed by atoms with Gasteiger partial charge in [-0.05, 0) is 6.92 Å². The van der Waals surface area contributed by atoms with Gasteiger partial charge in [0.15, 0.2) is 0 Å². The minimum Gasteiger partial charge on any atom is -0.392 e. The molecule has 0 aromatic rings. The highest BCUT2D eigenvalue weighted by atomic mass is 35.5. The standard InChI is InChI=1S/C6H13NO.ClH/c1-3-4-7-5-6(2)8;/h3,6-8H,1,4-5H2,2H3;1H. The molecule has 0 rings (SSSR count). The Morgan fingerprint density at radius 3 is 2.67 bits per heavy atom. The lowest BCUT2D eigenvalue weighted by atomic mass is 10.4. The maximum atomic E-state index is 8.68. The molecular weight excluding hydrogens is 138 g/mol. The zero-order valence-corrected chi connectivity index (χ0v) is 6.45. The number of aliphatic hydroxyl groups is 1. The molecule has 0 radical (unpaired) electrons. The number of hydrogen-bond acceptors (Lipinski definition) is 2. The summed E-state index contributed by atoms with van der Waals surface area (Å²) < 4.78 is 0. The van der Waals surface area contributed by atoms with E-state index < -0.39 is 0 Å². The Kier molecular flexibility index (Phi) is 10.3. The summed E-state index contributed by atoms with van der Waals surface area (Å²) in [7, 11) is 0. The molecular formula is C6H14ClNO. The molecule has 1 atom stereocenters. The van der Waals surface area contributed by atoms with Gasteiger partial charge in [0.2, 0.25) is 0 Å². The predicted molar refractivity (Wildman–Crippen MR) is 42.0 cm³/mol. The van der Waals surface area contributed by atoms with Crippen LogP contribution in [-0.4, -0.2) is 24.3 Å². The van der Waals surface area contributed by atoms with Gasteiger partial charge in [0.25, 0.3) is 0 Å². The molecule has 1 unspecified atom stereocenters. The van der Waals surface area contributed by atoms with Crippen molar-refractivity contribution in [2.24, 2.45) is 0 Å². The zero-order valence-electron chi connectivity index (χ0n) is 5.63. The minimum atomic E-state index is -0.255. The van der Waals surface area contributed by atoms with E-state index in [0.29, 0.717) is 6.54 Å². The first-order valence-electron chi connectivity index (χ1n) is 2.77. The SMILES string of the molecule is C=CCNCC(C)O.Cl. The van der Waals surface area contributed by atoms with Crippen molar-refractivity contribution in [3.8, 4) is 0 Å². The number of rotatable bonds is 4. The molecule has 0 heterocycles. The summed E-state index contributed by atoms with van der Waals surface area (Å²) in [5, 5.41) is 11.6. The molecule has 0 aromatic carbocycles. The third-order valence-electron chi connectivity index (χ3n) is 0.728. The number of aliphatic hydroxyl groups excluding tert-OH is 1. The lowest BCUT2D eigenvalue weighted by molar-refractivity contribution is 0.193. The van der Waals surface area contributed by atoms with Crippen molar-refractivity contribution >= 4 is 12.4 Å². The average Bonchev–Trinajstić information content (AvgIpc) is 1.66. The molecule has 0 bridgehead atoms. The van der Waals surface area contributed by atoms with Crippen LogP contribution in [0.3, 0.4) is 0 Å². The summed E-state index contributed by atoms with van der Waals surface area (Å²) in [4.78, 5) is 0. The molecule has 2 nitrogen and oxygen atoms in total. The van der Waals surface area contributed by atoms with E-state index in [1.165, 1.54) is 0 Å². The smallest absolute Gasteiger partial charge is 0.0636 e. The minimum absolute atomic E-state index is 0. The Morgan fingerprint density at radius 1 is 1.78 bits per heavy atom. The van der Waals surface area contributed by atoms with Crippen LogP contribution in [0.25, 0.3) is 0 Å². The van der Waals surface area contributed by atoms with Crippen LogP contribution >= 0.6 is 12.4 Å². The van der Waals surface area contributed by atoms with E-state index in [4.69, 9.17) is 5.11 Å². The first kappa shape index (κ1) is 11.7. The van der Waals surface area contributed by atoms with Crippen molar-refractivity contribution < 1.29 is 5.11 Å². The van der Waals surface area contributed by atoms with Gasteiger partial charge < -0.3 is 10.4 Å². The summed E-state index contributed by atoms with van der Waals surface area (Å²) in [6, 6.07) is 0. The van der Waals surface area contributed by atoms with Crippen LogP contribution in [-0.2, 0) is 0 Å². The highest BCUT2D eigenvalue weighted by Crippen LogP contribution is 1.72. The van der Waals surface area contributed by atoms with Crippen molar-refractivity contribution in [1.82, 2.24) is 5.32 Å². The summed E-state index contributed by atoms with van der Waals surface area (Å²) in [5.41, 5.74) is 0. The van der Waals surface area contributed by atoms with Crippen LogP contribution < -0.4 is 5.32 Å². The van der Waals surface area contributed by atoms with Crippen molar-refractivity contribution in [3.05, 3.63) is 12.7 Å². The van der Waals surface area contributed by atoms with E-state index >= 15 is 0 Å². The molecule has 0 saturated carbocycles. The second-order valence-electron chi connectivity index (χ2n) is 1.80. The summed E-state index contributed by atoms with van der Waals surface area (Å²) in [6.45, 7) is 6.67. The fourth-order valence-corrected chi connectivity index (χ4v) is 0.394. The van der Waals surface area contributed by atoms with Gasteiger partial charge in [0.1, 0.15) is 0 Å². The topological polar surface area (TPSA) is 32.3 Å². The van der Waals surface area contributed by atoms with Gasteiger partial charge in [0, 0.05) is 13.1 Å². The van der Waals surface area contributed by atoms with Gasteiger partial charge in [0.05, 0.1) is 6.10 Å². The molecule has 3 heteroatoms. The second-order valence-corrected chi connectivity index (χ2v) is 1.80. The second kappa shape index (κ2) is 7.95. The zero-order chi connectivity index (χ0) is 6.41. The van der Waals surface area contributed by atoms with Crippen molar-refractivity contribution in [1.29, 1.82) is 0 Å². The number of hydrogen-bond donors (Lipinski definition) is 2. The Bertz CT molecular complexity index is 66.1.